The second-order valence-corrected chi connectivity index (χ2v) is 5.92. The Bertz CT molecular complexity index is 496. The van der Waals surface area contributed by atoms with Gasteiger partial charge < -0.3 is 5.73 Å². The summed E-state index contributed by atoms with van der Waals surface area (Å²) in [5.74, 6) is 1.26. The lowest BCUT2D eigenvalue weighted by atomic mass is 10.2. The summed E-state index contributed by atoms with van der Waals surface area (Å²) in [5, 5.41) is 0. The number of thiophene rings is 1. The Morgan fingerprint density at radius 1 is 1.38 bits per heavy atom. The number of hydrogen-bond acceptors (Lipinski definition) is 4. The number of aromatic nitrogens is 2. The molecule has 0 atom stereocenters. The molecule has 0 bridgehead atoms. The highest BCUT2D eigenvalue weighted by molar-refractivity contribution is 9.11. The third kappa shape index (κ3) is 2.59. The van der Waals surface area contributed by atoms with Crippen molar-refractivity contribution in [2.45, 2.75) is 19.8 Å². The summed E-state index contributed by atoms with van der Waals surface area (Å²) in [4.78, 5) is 9.80. The van der Waals surface area contributed by atoms with Crippen LogP contribution in [0.4, 0.5) is 5.82 Å². The second kappa shape index (κ2) is 4.93. The van der Waals surface area contributed by atoms with Gasteiger partial charge in [0.05, 0.1) is 8.66 Å². The highest BCUT2D eigenvalue weighted by Crippen LogP contribution is 2.29. The quantitative estimate of drug-likeness (QED) is 0.943. The Balaban J connectivity index is 2.40. The number of nitrogens with zero attached hydrogens (tertiary/aromatic N) is 2. The molecule has 0 amide bonds. The van der Waals surface area contributed by atoms with E-state index in [1.54, 1.807) is 11.3 Å². The van der Waals surface area contributed by atoms with Crippen LogP contribution in [0.15, 0.2) is 22.0 Å². The van der Waals surface area contributed by atoms with Gasteiger partial charge in [-0.3, -0.25) is 0 Å². The minimum atomic E-state index is 0.540. The van der Waals surface area contributed by atoms with E-state index in [4.69, 9.17) is 5.73 Å². The smallest absolute Gasteiger partial charge is 0.171 e. The van der Waals surface area contributed by atoms with Crippen LogP contribution in [0.5, 0.6) is 0 Å². The fraction of sp³-hybridized carbons (Fsp3) is 0.273. The molecule has 5 heteroatoms. The number of hydrogen-bond donors (Lipinski definition) is 1. The van der Waals surface area contributed by atoms with Crippen molar-refractivity contribution in [2.24, 2.45) is 0 Å². The molecule has 0 saturated heterocycles. The summed E-state index contributed by atoms with van der Waals surface area (Å²) >= 11 is 5.04. The molecule has 0 fully saturated rings. The average molecular weight is 298 g/mol. The molecule has 0 aliphatic heterocycles. The molecule has 0 saturated carbocycles. The van der Waals surface area contributed by atoms with Gasteiger partial charge in [0.15, 0.2) is 5.82 Å². The summed E-state index contributed by atoms with van der Waals surface area (Å²) < 4.78 is 1.07. The Morgan fingerprint density at radius 2 is 2.19 bits per heavy atom. The van der Waals surface area contributed by atoms with E-state index in [0.29, 0.717) is 5.82 Å². The third-order valence-corrected chi connectivity index (χ3v) is 3.72. The highest BCUT2D eigenvalue weighted by Gasteiger charge is 2.07. The van der Waals surface area contributed by atoms with Crippen LogP contribution in [0.1, 0.15) is 19.0 Å². The van der Waals surface area contributed by atoms with Crippen LogP contribution in [0, 0.1) is 0 Å². The van der Waals surface area contributed by atoms with Gasteiger partial charge in [-0.05, 0) is 34.5 Å². The van der Waals surface area contributed by atoms with Gasteiger partial charge in [-0.1, -0.05) is 13.3 Å². The van der Waals surface area contributed by atoms with Crippen molar-refractivity contribution in [3.63, 3.8) is 0 Å². The third-order valence-electron chi connectivity index (χ3n) is 2.10. The molecular formula is C11H12BrN3S. The van der Waals surface area contributed by atoms with E-state index in [0.717, 1.165) is 33.0 Å². The lowest BCUT2D eigenvalue weighted by molar-refractivity contribution is 0.877. The van der Waals surface area contributed by atoms with Crippen LogP contribution in [-0.2, 0) is 6.42 Å². The first kappa shape index (κ1) is 11.5. The molecule has 84 valence electrons. The molecule has 16 heavy (non-hydrogen) atoms. The van der Waals surface area contributed by atoms with E-state index < -0.39 is 0 Å². The van der Waals surface area contributed by atoms with Gasteiger partial charge in [0.2, 0.25) is 0 Å². The predicted octanol–water partition coefficient (Wildman–Crippen LogP) is 3.50. The number of nitrogens with two attached hydrogens (primary N) is 1. The number of rotatable bonds is 3. The van der Waals surface area contributed by atoms with Gasteiger partial charge >= 0.3 is 0 Å². The lowest BCUT2D eigenvalue weighted by Gasteiger charge is -2.02. The Labute approximate surface area is 107 Å². The molecule has 0 radical (unpaired) electrons. The zero-order chi connectivity index (χ0) is 11.5. The van der Waals surface area contributed by atoms with E-state index in [1.807, 2.05) is 18.2 Å². The summed E-state index contributed by atoms with van der Waals surface area (Å²) in [6.07, 6.45) is 2.00. The van der Waals surface area contributed by atoms with Gasteiger partial charge in [-0.2, -0.15) is 0 Å². The minimum absolute atomic E-state index is 0.540. The SMILES string of the molecule is CCCc1cc(N)nc(-c2ccc(Br)s2)n1. The molecule has 0 spiro atoms. The summed E-state index contributed by atoms with van der Waals surface area (Å²) in [6, 6.07) is 5.83. The van der Waals surface area contributed by atoms with Gasteiger partial charge in [0, 0.05) is 11.8 Å². The maximum atomic E-state index is 5.78. The van der Waals surface area contributed by atoms with Gasteiger partial charge in [0.25, 0.3) is 0 Å². The fourth-order valence-electron chi connectivity index (χ4n) is 1.45. The van der Waals surface area contributed by atoms with Crippen LogP contribution >= 0.6 is 27.3 Å². The first-order valence-corrected chi connectivity index (χ1v) is 6.69. The molecule has 2 aromatic heterocycles. The van der Waals surface area contributed by atoms with Crippen LogP contribution in [0.25, 0.3) is 10.7 Å². The summed E-state index contributed by atoms with van der Waals surface area (Å²) in [6.45, 7) is 2.12. The van der Waals surface area contributed by atoms with Crippen molar-refractivity contribution in [3.05, 3.63) is 27.7 Å². The van der Waals surface area contributed by atoms with Crippen molar-refractivity contribution in [1.29, 1.82) is 0 Å². The molecule has 0 aromatic carbocycles. The van der Waals surface area contributed by atoms with Crippen LogP contribution in [0.2, 0.25) is 0 Å². The van der Waals surface area contributed by atoms with Crippen molar-refractivity contribution in [2.75, 3.05) is 5.73 Å². The number of halogens is 1. The second-order valence-electron chi connectivity index (χ2n) is 3.46. The average Bonchev–Trinajstić information content (AvgIpc) is 2.64. The molecule has 3 nitrogen and oxygen atoms in total. The van der Waals surface area contributed by atoms with Gasteiger partial charge in [-0.15, -0.1) is 11.3 Å². The Kier molecular flexibility index (Phi) is 3.56. The maximum absolute atomic E-state index is 5.78. The van der Waals surface area contributed by atoms with E-state index in [9.17, 15) is 0 Å². The topological polar surface area (TPSA) is 51.8 Å². The number of nitrogen functional groups attached to an aromatic ring is 1. The normalized spacial score (nSPS) is 10.6. The maximum Gasteiger partial charge on any atom is 0.171 e. The van der Waals surface area contributed by atoms with E-state index in [2.05, 4.69) is 32.8 Å². The van der Waals surface area contributed by atoms with Crippen LogP contribution in [0.3, 0.4) is 0 Å². The monoisotopic (exact) mass is 297 g/mol. The van der Waals surface area contributed by atoms with Crippen molar-refractivity contribution in [3.8, 4) is 10.7 Å². The van der Waals surface area contributed by atoms with Crippen LogP contribution < -0.4 is 5.73 Å². The largest absolute Gasteiger partial charge is 0.384 e. The molecule has 2 rings (SSSR count). The minimum Gasteiger partial charge on any atom is -0.384 e. The van der Waals surface area contributed by atoms with Crippen molar-refractivity contribution in [1.82, 2.24) is 9.97 Å². The molecular weight excluding hydrogens is 286 g/mol. The number of anilines is 1. The van der Waals surface area contributed by atoms with Gasteiger partial charge in [-0.25, -0.2) is 9.97 Å². The zero-order valence-electron chi connectivity index (χ0n) is 8.90. The standard InChI is InChI=1S/C11H12BrN3S/c1-2-3-7-6-10(13)15-11(14-7)8-4-5-9(12)16-8/h4-6H,2-3H2,1H3,(H2,13,14,15). The highest BCUT2D eigenvalue weighted by atomic mass is 79.9. The first-order chi connectivity index (χ1) is 7.69. The predicted molar refractivity (Wildman–Crippen MR) is 71.5 cm³/mol. The molecule has 2 heterocycles. The van der Waals surface area contributed by atoms with E-state index >= 15 is 0 Å². The van der Waals surface area contributed by atoms with Crippen molar-refractivity contribution >= 4 is 33.1 Å². The summed E-state index contributed by atoms with van der Waals surface area (Å²) in [5.41, 5.74) is 6.78. The molecule has 2 N–H and O–H groups in total. The van der Waals surface area contributed by atoms with Crippen molar-refractivity contribution < 1.29 is 0 Å². The van der Waals surface area contributed by atoms with E-state index in [-0.39, 0.29) is 0 Å². The number of aryl methyl sites for hydroxylation is 1. The Hall–Kier alpha value is -0.940. The zero-order valence-corrected chi connectivity index (χ0v) is 11.3. The van der Waals surface area contributed by atoms with E-state index in [1.165, 1.54) is 0 Å². The van der Waals surface area contributed by atoms with Crippen LogP contribution in [-0.4, -0.2) is 9.97 Å². The molecule has 0 aliphatic carbocycles. The summed E-state index contributed by atoms with van der Waals surface area (Å²) in [7, 11) is 0. The fourth-order valence-corrected chi connectivity index (χ4v) is 2.77. The molecule has 0 aliphatic rings. The molecule has 2 aromatic rings. The lowest BCUT2D eigenvalue weighted by Crippen LogP contribution is -1.99. The molecule has 0 unspecified atom stereocenters. The van der Waals surface area contributed by atoms with Gasteiger partial charge in [0.1, 0.15) is 5.82 Å². The first-order valence-electron chi connectivity index (χ1n) is 5.08. The Morgan fingerprint density at radius 3 is 2.81 bits per heavy atom.